The van der Waals surface area contributed by atoms with Gasteiger partial charge in [0.1, 0.15) is 5.75 Å². The van der Waals surface area contributed by atoms with Gasteiger partial charge in [-0.3, -0.25) is 9.19 Å². The smallest absolute Gasteiger partial charge is 0.219 e. The third kappa shape index (κ3) is 4.51. The van der Waals surface area contributed by atoms with Crippen LogP contribution < -0.4 is 10.6 Å². The molecular formula is C23H30N4O4S. The lowest BCUT2D eigenvalue weighted by Gasteiger charge is -2.39. The van der Waals surface area contributed by atoms with Crippen molar-refractivity contribution >= 4 is 21.8 Å². The van der Waals surface area contributed by atoms with Crippen LogP contribution >= 0.6 is 0 Å². The zero-order chi connectivity index (χ0) is 22.7. The van der Waals surface area contributed by atoms with Crippen LogP contribution in [0.2, 0.25) is 0 Å². The molecule has 172 valence electrons. The van der Waals surface area contributed by atoms with Gasteiger partial charge in [0.25, 0.3) is 0 Å². The zero-order valence-corrected chi connectivity index (χ0v) is 19.6. The van der Waals surface area contributed by atoms with E-state index < -0.39 is 16.6 Å². The fraction of sp³-hybridized carbons (Fsp3) is 0.478. The standard InChI is InChI=1S/C23H30N4O4S/c1-4-23(5-2)30-13-17(14-31-23)12-29-21-10-11-25-19(16(21)3)15-32(28)22-26-18-8-6-7-9-20(18)27(22)24/h6-11,17H,4-5,12-15,24H2,1-3H3. The number of hydrogen-bond acceptors (Lipinski definition) is 7. The molecule has 3 heterocycles. The van der Waals surface area contributed by atoms with Crippen molar-refractivity contribution in [3.8, 4) is 5.75 Å². The van der Waals surface area contributed by atoms with Crippen molar-refractivity contribution in [3.05, 3.63) is 47.8 Å². The molecule has 1 aliphatic heterocycles. The summed E-state index contributed by atoms with van der Waals surface area (Å²) in [5.74, 6) is 6.74. The Balaban J connectivity index is 1.41. The van der Waals surface area contributed by atoms with Gasteiger partial charge in [0, 0.05) is 17.7 Å². The van der Waals surface area contributed by atoms with E-state index in [4.69, 9.17) is 20.1 Å². The molecule has 1 unspecified atom stereocenters. The number of pyridine rings is 1. The van der Waals surface area contributed by atoms with Gasteiger partial charge in [0.2, 0.25) is 5.16 Å². The molecule has 1 fully saturated rings. The molecule has 0 radical (unpaired) electrons. The zero-order valence-electron chi connectivity index (χ0n) is 18.7. The van der Waals surface area contributed by atoms with Crippen molar-refractivity contribution in [3.63, 3.8) is 0 Å². The molecule has 3 aromatic rings. The van der Waals surface area contributed by atoms with Crippen molar-refractivity contribution < 1.29 is 18.4 Å². The van der Waals surface area contributed by atoms with E-state index in [0.717, 1.165) is 29.7 Å². The number of benzene rings is 1. The van der Waals surface area contributed by atoms with Crippen molar-refractivity contribution in [1.29, 1.82) is 0 Å². The van der Waals surface area contributed by atoms with Crippen molar-refractivity contribution in [2.75, 3.05) is 25.7 Å². The van der Waals surface area contributed by atoms with E-state index in [0.29, 0.717) is 36.2 Å². The number of para-hydroxylation sites is 2. The van der Waals surface area contributed by atoms with Crippen molar-refractivity contribution in [1.82, 2.24) is 14.6 Å². The van der Waals surface area contributed by atoms with Crippen LogP contribution in [0.3, 0.4) is 0 Å². The highest BCUT2D eigenvalue weighted by Gasteiger charge is 2.34. The molecular weight excluding hydrogens is 428 g/mol. The Morgan fingerprint density at radius 1 is 1.22 bits per heavy atom. The average molecular weight is 459 g/mol. The second-order valence-electron chi connectivity index (χ2n) is 8.04. The van der Waals surface area contributed by atoms with Gasteiger partial charge in [-0.2, -0.15) is 0 Å². The van der Waals surface area contributed by atoms with Crippen molar-refractivity contribution in [2.45, 2.75) is 50.3 Å². The summed E-state index contributed by atoms with van der Waals surface area (Å²) >= 11 is 0. The maximum atomic E-state index is 13.0. The Morgan fingerprint density at radius 2 is 1.94 bits per heavy atom. The Labute approximate surface area is 190 Å². The summed E-state index contributed by atoms with van der Waals surface area (Å²) in [6.07, 6.45) is 3.34. The Bertz CT molecular complexity index is 1100. The molecule has 32 heavy (non-hydrogen) atoms. The first-order chi connectivity index (χ1) is 15.5. The fourth-order valence-corrected chi connectivity index (χ4v) is 5.01. The lowest BCUT2D eigenvalue weighted by Crippen LogP contribution is -2.44. The van der Waals surface area contributed by atoms with Gasteiger partial charge in [0.05, 0.1) is 53.1 Å². The van der Waals surface area contributed by atoms with Crippen LogP contribution in [-0.4, -0.2) is 44.5 Å². The minimum Gasteiger partial charge on any atom is -0.493 e. The lowest BCUT2D eigenvalue weighted by molar-refractivity contribution is -0.287. The summed E-state index contributed by atoms with van der Waals surface area (Å²) in [5.41, 5.74) is 3.01. The fourth-order valence-electron chi connectivity index (χ4n) is 3.82. The second-order valence-corrected chi connectivity index (χ2v) is 9.39. The van der Waals surface area contributed by atoms with E-state index >= 15 is 0 Å². The molecule has 1 saturated heterocycles. The molecule has 1 aliphatic rings. The highest BCUT2D eigenvalue weighted by Crippen LogP contribution is 2.29. The minimum absolute atomic E-state index is 0.156. The monoisotopic (exact) mass is 458 g/mol. The molecule has 0 aliphatic carbocycles. The van der Waals surface area contributed by atoms with Crippen LogP contribution in [0.5, 0.6) is 5.75 Å². The molecule has 1 aromatic carbocycles. The number of imidazole rings is 1. The molecule has 9 heteroatoms. The molecule has 0 bridgehead atoms. The number of aromatic nitrogens is 3. The number of nitrogen functional groups attached to an aromatic ring is 1. The molecule has 0 saturated carbocycles. The van der Waals surface area contributed by atoms with E-state index in [2.05, 4.69) is 23.8 Å². The number of ether oxygens (including phenoxy) is 3. The van der Waals surface area contributed by atoms with E-state index in [1.54, 1.807) is 6.20 Å². The van der Waals surface area contributed by atoms with Gasteiger partial charge in [-0.05, 0) is 38.0 Å². The third-order valence-electron chi connectivity index (χ3n) is 6.01. The summed E-state index contributed by atoms with van der Waals surface area (Å²) in [6.45, 7) is 7.77. The predicted molar refractivity (Wildman–Crippen MR) is 123 cm³/mol. The van der Waals surface area contributed by atoms with Gasteiger partial charge in [-0.25, -0.2) is 9.66 Å². The lowest BCUT2D eigenvalue weighted by atomic mass is 10.1. The van der Waals surface area contributed by atoms with Crippen LogP contribution in [0, 0.1) is 12.8 Å². The average Bonchev–Trinajstić information content (AvgIpc) is 3.17. The largest absolute Gasteiger partial charge is 0.493 e. The van der Waals surface area contributed by atoms with Gasteiger partial charge in [-0.15, -0.1) is 0 Å². The van der Waals surface area contributed by atoms with Gasteiger partial charge < -0.3 is 20.1 Å². The van der Waals surface area contributed by atoms with E-state index in [1.807, 2.05) is 37.3 Å². The van der Waals surface area contributed by atoms with Crippen LogP contribution in [0.1, 0.15) is 37.9 Å². The normalized spacial score (nSPS) is 17.5. The highest BCUT2D eigenvalue weighted by atomic mass is 32.2. The maximum Gasteiger partial charge on any atom is 0.219 e. The van der Waals surface area contributed by atoms with Crippen LogP contribution in [-0.2, 0) is 26.0 Å². The quantitative estimate of drug-likeness (QED) is 0.517. The minimum atomic E-state index is -1.45. The number of nitrogens with two attached hydrogens (primary N) is 1. The van der Waals surface area contributed by atoms with Crippen molar-refractivity contribution in [2.24, 2.45) is 5.92 Å². The second kappa shape index (κ2) is 9.56. The summed E-state index contributed by atoms with van der Waals surface area (Å²) in [4.78, 5) is 8.86. The Kier molecular flexibility index (Phi) is 6.78. The maximum absolute atomic E-state index is 13.0. The molecule has 0 amide bonds. The van der Waals surface area contributed by atoms with E-state index in [1.165, 1.54) is 4.68 Å². The van der Waals surface area contributed by atoms with Gasteiger partial charge >= 0.3 is 0 Å². The van der Waals surface area contributed by atoms with E-state index in [-0.39, 0.29) is 11.7 Å². The van der Waals surface area contributed by atoms with Crippen LogP contribution in [0.25, 0.3) is 11.0 Å². The predicted octanol–water partition coefficient (Wildman–Crippen LogP) is 3.32. The topological polar surface area (TPSA) is 101 Å². The molecule has 2 aromatic heterocycles. The van der Waals surface area contributed by atoms with Crippen LogP contribution in [0.15, 0.2) is 41.7 Å². The molecule has 1 atom stereocenters. The first-order valence-electron chi connectivity index (χ1n) is 10.9. The molecule has 0 spiro atoms. The first kappa shape index (κ1) is 22.7. The molecule has 2 N–H and O–H groups in total. The van der Waals surface area contributed by atoms with Gasteiger partial charge in [0.15, 0.2) is 5.79 Å². The molecule has 8 nitrogen and oxygen atoms in total. The first-order valence-corrected chi connectivity index (χ1v) is 12.2. The van der Waals surface area contributed by atoms with Gasteiger partial charge in [-0.1, -0.05) is 26.0 Å². The number of rotatable bonds is 8. The highest BCUT2D eigenvalue weighted by molar-refractivity contribution is 7.84. The number of nitrogens with zero attached hydrogens (tertiary/aromatic N) is 3. The molecule has 4 rings (SSSR count). The Hall–Kier alpha value is -2.49. The summed E-state index contributed by atoms with van der Waals surface area (Å²) in [5, 5.41) is 0.325. The third-order valence-corrected chi connectivity index (χ3v) is 7.24. The SMILES string of the molecule is CCC1(CC)OCC(COc2ccnc(CS(=O)c3nc4ccccc4n3N)c2C)CO1. The summed E-state index contributed by atoms with van der Waals surface area (Å²) in [7, 11) is -1.45. The number of hydrogen-bond donors (Lipinski definition) is 1. The van der Waals surface area contributed by atoms with Crippen LogP contribution in [0.4, 0.5) is 0 Å². The summed E-state index contributed by atoms with van der Waals surface area (Å²) < 4.78 is 32.4. The summed E-state index contributed by atoms with van der Waals surface area (Å²) in [6, 6.07) is 9.28. The van der Waals surface area contributed by atoms with E-state index in [9.17, 15) is 4.21 Å². The Morgan fingerprint density at radius 3 is 2.62 bits per heavy atom. The number of fused-ring (bicyclic) bond motifs is 1.